The molecule has 1 heterocycles. The summed E-state index contributed by atoms with van der Waals surface area (Å²) >= 11 is 12.4. The molecule has 1 amide bonds. The van der Waals surface area contributed by atoms with Gasteiger partial charge in [-0.15, -0.1) is 0 Å². The highest BCUT2D eigenvalue weighted by atomic mass is 79.9. The summed E-state index contributed by atoms with van der Waals surface area (Å²) in [6.07, 6.45) is 0. The second-order valence-electron chi connectivity index (χ2n) is 6.27. The molecular weight excluding hydrogens is 502 g/mol. The van der Waals surface area contributed by atoms with Crippen LogP contribution in [0.1, 0.15) is 5.56 Å². The first-order valence-corrected chi connectivity index (χ1v) is 10.4. The van der Waals surface area contributed by atoms with Crippen LogP contribution in [-0.4, -0.2) is 48.5 Å². The molecule has 0 aromatic heterocycles. The highest BCUT2D eigenvalue weighted by Crippen LogP contribution is 2.34. The second kappa shape index (κ2) is 9.37. The zero-order valence-corrected chi connectivity index (χ0v) is 18.4. The minimum atomic E-state index is -0.385. The molecule has 4 nitrogen and oxygen atoms in total. The van der Waals surface area contributed by atoms with Gasteiger partial charge in [-0.2, -0.15) is 0 Å². The number of hydrogen-bond donors (Lipinski definition) is 0. The number of ether oxygens (including phenoxy) is 1. The third-order valence-corrected chi connectivity index (χ3v) is 5.78. The lowest BCUT2D eigenvalue weighted by atomic mass is 10.2. The van der Waals surface area contributed by atoms with E-state index in [0.717, 1.165) is 24.7 Å². The molecule has 0 N–H and O–H groups in total. The van der Waals surface area contributed by atoms with Gasteiger partial charge in [-0.1, -0.05) is 23.7 Å². The summed E-state index contributed by atoms with van der Waals surface area (Å²) in [5, 5.41) is 0.730. The van der Waals surface area contributed by atoms with Crippen LogP contribution in [0.15, 0.2) is 45.3 Å². The predicted molar refractivity (Wildman–Crippen MR) is 111 cm³/mol. The van der Waals surface area contributed by atoms with Crippen molar-refractivity contribution in [3.8, 4) is 5.75 Å². The van der Waals surface area contributed by atoms with E-state index in [4.69, 9.17) is 16.3 Å². The van der Waals surface area contributed by atoms with Gasteiger partial charge in [0.15, 0.2) is 6.61 Å². The van der Waals surface area contributed by atoms with Crippen LogP contribution >= 0.6 is 43.5 Å². The quantitative estimate of drug-likeness (QED) is 0.572. The molecule has 0 aliphatic carbocycles. The Kier molecular flexibility index (Phi) is 7.14. The van der Waals surface area contributed by atoms with E-state index < -0.39 is 0 Å². The summed E-state index contributed by atoms with van der Waals surface area (Å²) in [4.78, 5) is 16.5. The number of amides is 1. The zero-order chi connectivity index (χ0) is 19.4. The maximum atomic E-state index is 13.3. The van der Waals surface area contributed by atoms with Gasteiger partial charge in [-0.3, -0.25) is 9.69 Å². The van der Waals surface area contributed by atoms with Crippen LogP contribution in [0.3, 0.4) is 0 Å². The maximum Gasteiger partial charge on any atom is 0.260 e. The zero-order valence-electron chi connectivity index (χ0n) is 14.4. The highest BCUT2D eigenvalue weighted by molar-refractivity contribution is 9.11. The summed E-state index contributed by atoms with van der Waals surface area (Å²) in [6.45, 7) is 3.67. The molecule has 1 saturated heterocycles. The first-order valence-electron chi connectivity index (χ1n) is 8.44. The Morgan fingerprint density at radius 3 is 2.26 bits per heavy atom. The van der Waals surface area contributed by atoms with Gasteiger partial charge in [-0.05, 0) is 61.7 Å². The van der Waals surface area contributed by atoms with Crippen molar-refractivity contribution >= 4 is 49.4 Å². The number of carbonyl (C=O) groups excluding carboxylic acids is 1. The monoisotopic (exact) mass is 518 g/mol. The molecule has 0 radical (unpaired) electrons. The minimum absolute atomic E-state index is 0.0794. The van der Waals surface area contributed by atoms with Crippen LogP contribution in [0.25, 0.3) is 0 Å². The van der Waals surface area contributed by atoms with Crippen LogP contribution in [0, 0.1) is 5.82 Å². The van der Waals surface area contributed by atoms with Gasteiger partial charge >= 0.3 is 0 Å². The average Bonchev–Trinajstić information content (AvgIpc) is 2.63. The Morgan fingerprint density at radius 1 is 1.07 bits per heavy atom. The molecule has 2 aromatic rings. The molecule has 1 aliphatic heterocycles. The van der Waals surface area contributed by atoms with Crippen LogP contribution < -0.4 is 4.74 Å². The Labute approximate surface area is 179 Å². The summed E-state index contributed by atoms with van der Waals surface area (Å²) in [6, 6.07) is 10.4. The molecule has 0 saturated carbocycles. The van der Waals surface area contributed by atoms with Crippen molar-refractivity contribution in [1.29, 1.82) is 0 Å². The van der Waals surface area contributed by atoms with E-state index in [-0.39, 0.29) is 18.3 Å². The summed E-state index contributed by atoms with van der Waals surface area (Å²) in [5.41, 5.74) is 1.20. The molecule has 0 spiro atoms. The highest BCUT2D eigenvalue weighted by Gasteiger charge is 2.22. The van der Waals surface area contributed by atoms with Crippen molar-refractivity contribution in [2.24, 2.45) is 0 Å². The van der Waals surface area contributed by atoms with Crippen LogP contribution in [0.5, 0.6) is 5.75 Å². The number of carbonyl (C=O) groups is 1. The van der Waals surface area contributed by atoms with Gasteiger partial charge in [0, 0.05) is 37.7 Å². The van der Waals surface area contributed by atoms with Crippen LogP contribution in [0.4, 0.5) is 4.39 Å². The molecule has 8 heteroatoms. The Balaban J connectivity index is 1.48. The van der Waals surface area contributed by atoms with E-state index >= 15 is 0 Å². The number of benzene rings is 2. The van der Waals surface area contributed by atoms with Crippen LogP contribution in [-0.2, 0) is 11.3 Å². The lowest BCUT2D eigenvalue weighted by Gasteiger charge is -2.34. The van der Waals surface area contributed by atoms with Crippen molar-refractivity contribution in [2.45, 2.75) is 6.54 Å². The standard InChI is InChI=1S/C19H18Br2ClFN2O2/c20-16-9-15(23)10-17(21)19(16)27-12-18(26)25-7-5-24(6-8-25)11-13-1-3-14(22)4-2-13/h1-4,9-10H,5-8,11-12H2. The molecular formula is C19H18Br2ClFN2O2. The van der Waals surface area contributed by atoms with Gasteiger partial charge in [-0.25, -0.2) is 4.39 Å². The van der Waals surface area contributed by atoms with E-state index in [1.807, 2.05) is 24.3 Å². The van der Waals surface area contributed by atoms with E-state index in [1.54, 1.807) is 4.90 Å². The Morgan fingerprint density at radius 2 is 1.67 bits per heavy atom. The summed E-state index contributed by atoms with van der Waals surface area (Å²) in [5.74, 6) is -0.0420. The number of nitrogens with zero attached hydrogens (tertiary/aromatic N) is 2. The van der Waals surface area contributed by atoms with E-state index in [2.05, 4.69) is 36.8 Å². The fraction of sp³-hybridized carbons (Fsp3) is 0.316. The molecule has 2 aromatic carbocycles. The molecule has 0 bridgehead atoms. The van der Waals surface area contributed by atoms with Gasteiger partial charge in [0.2, 0.25) is 0 Å². The molecule has 0 unspecified atom stereocenters. The SMILES string of the molecule is O=C(COc1c(Br)cc(F)cc1Br)N1CCN(Cc2ccc(Cl)cc2)CC1. The number of halogens is 4. The van der Waals surface area contributed by atoms with Gasteiger partial charge in [0.05, 0.1) is 8.95 Å². The maximum absolute atomic E-state index is 13.3. The first kappa shape index (κ1) is 20.6. The van der Waals surface area contributed by atoms with Crippen molar-refractivity contribution in [3.05, 3.63) is 61.7 Å². The number of rotatable bonds is 5. The number of hydrogen-bond acceptors (Lipinski definition) is 3. The van der Waals surface area contributed by atoms with Crippen LogP contribution in [0.2, 0.25) is 5.02 Å². The molecule has 1 aliphatic rings. The third-order valence-electron chi connectivity index (χ3n) is 4.35. The molecule has 144 valence electrons. The largest absolute Gasteiger partial charge is 0.481 e. The lowest BCUT2D eigenvalue weighted by molar-refractivity contribution is -0.135. The smallest absolute Gasteiger partial charge is 0.260 e. The van der Waals surface area contributed by atoms with Crippen molar-refractivity contribution < 1.29 is 13.9 Å². The van der Waals surface area contributed by atoms with Gasteiger partial charge in [0.25, 0.3) is 5.91 Å². The predicted octanol–water partition coefficient (Wildman–Crippen LogP) is 4.73. The van der Waals surface area contributed by atoms with E-state index in [1.165, 1.54) is 17.7 Å². The molecule has 1 fully saturated rings. The average molecular weight is 521 g/mol. The van der Waals surface area contributed by atoms with Crippen molar-refractivity contribution in [3.63, 3.8) is 0 Å². The number of piperazine rings is 1. The molecule has 3 rings (SSSR count). The third kappa shape index (κ3) is 5.67. The van der Waals surface area contributed by atoms with E-state index in [0.29, 0.717) is 27.8 Å². The Hall–Kier alpha value is -1.15. The first-order chi connectivity index (χ1) is 12.9. The minimum Gasteiger partial charge on any atom is -0.481 e. The fourth-order valence-electron chi connectivity index (χ4n) is 2.90. The normalized spacial score (nSPS) is 15.0. The van der Waals surface area contributed by atoms with Gasteiger partial charge in [0.1, 0.15) is 11.6 Å². The lowest BCUT2D eigenvalue weighted by Crippen LogP contribution is -2.49. The van der Waals surface area contributed by atoms with Crippen molar-refractivity contribution in [1.82, 2.24) is 9.80 Å². The summed E-state index contributed by atoms with van der Waals surface area (Å²) in [7, 11) is 0. The topological polar surface area (TPSA) is 32.8 Å². The molecule has 0 atom stereocenters. The van der Waals surface area contributed by atoms with Gasteiger partial charge < -0.3 is 9.64 Å². The fourth-order valence-corrected chi connectivity index (χ4v) is 4.38. The van der Waals surface area contributed by atoms with Crippen molar-refractivity contribution in [2.75, 3.05) is 32.8 Å². The summed E-state index contributed by atoms with van der Waals surface area (Å²) < 4.78 is 19.8. The Bertz CT molecular complexity index is 789. The van der Waals surface area contributed by atoms with E-state index in [9.17, 15) is 9.18 Å². The second-order valence-corrected chi connectivity index (χ2v) is 8.42. The molecule has 27 heavy (non-hydrogen) atoms.